The van der Waals surface area contributed by atoms with Crippen molar-refractivity contribution in [3.8, 4) is 11.1 Å². The predicted octanol–water partition coefficient (Wildman–Crippen LogP) is 5.62. The number of anilines is 1. The number of alkyl halides is 2. The zero-order chi connectivity index (χ0) is 24.2. The number of carbonyl (C=O) groups is 2. The first-order chi connectivity index (χ1) is 16.8. The van der Waals surface area contributed by atoms with E-state index in [1.807, 2.05) is 24.3 Å². The van der Waals surface area contributed by atoms with E-state index in [2.05, 4.69) is 25.0 Å². The third-order valence-corrected chi connectivity index (χ3v) is 8.20. The molecular formula is C24H21F2N5O2S2. The van der Waals surface area contributed by atoms with Crippen molar-refractivity contribution in [2.24, 2.45) is 5.92 Å². The minimum absolute atomic E-state index is 0.0247. The fourth-order valence-corrected chi connectivity index (χ4v) is 5.92. The lowest BCUT2D eigenvalue weighted by Crippen LogP contribution is -2.40. The third-order valence-electron chi connectivity index (χ3n) is 6.50. The number of nitrogens with zero attached hydrogens (tertiary/aromatic N) is 3. The summed E-state index contributed by atoms with van der Waals surface area (Å²) in [6, 6.07) is 7.42. The van der Waals surface area contributed by atoms with E-state index in [1.165, 1.54) is 11.3 Å². The Morgan fingerprint density at radius 1 is 1.06 bits per heavy atom. The number of hydrogen-bond donors (Lipinski definition) is 2. The largest absolute Gasteiger partial charge is 0.348 e. The second-order valence-corrected chi connectivity index (χ2v) is 11.0. The van der Waals surface area contributed by atoms with Gasteiger partial charge in [0.1, 0.15) is 4.83 Å². The van der Waals surface area contributed by atoms with Gasteiger partial charge in [0.2, 0.25) is 11.8 Å². The zero-order valence-corrected chi connectivity index (χ0v) is 20.1. The van der Waals surface area contributed by atoms with Gasteiger partial charge in [-0.2, -0.15) is 4.37 Å². The summed E-state index contributed by atoms with van der Waals surface area (Å²) in [5.74, 6) is -2.87. The van der Waals surface area contributed by atoms with Gasteiger partial charge in [-0.15, -0.1) is 0 Å². The normalized spacial score (nSPS) is 18.1. The highest BCUT2D eigenvalue weighted by Crippen LogP contribution is 2.35. The number of aromatic nitrogens is 3. The van der Waals surface area contributed by atoms with Crippen molar-refractivity contribution >= 4 is 60.2 Å². The van der Waals surface area contributed by atoms with Crippen LogP contribution in [0.25, 0.3) is 31.6 Å². The Kier molecular flexibility index (Phi) is 5.48. The Morgan fingerprint density at radius 3 is 2.63 bits per heavy atom. The summed E-state index contributed by atoms with van der Waals surface area (Å²) in [7, 11) is 0. The molecule has 0 saturated heterocycles. The van der Waals surface area contributed by atoms with Crippen molar-refractivity contribution < 1.29 is 18.4 Å². The molecule has 1 aromatic carbocycles. The monoisotopic (exact) mass is 513 g/mol. The van der Waals surface area contributed by atoms with Gasteiger partial charge in [-0.3, -0.25) is 9.59 Å². The lowest BCUT2D eigenvalue weighted by atomic mass is 9.92. The number of halogens is 2. The predicted molar refractivity (Wildman–Crippen MR) is 132 cm³/mol. The number of nitrogens with one attached hydrogen (secondary N) is 2. The smallest absolute Gasteiger partial charge is 0.271 e. The van der Waals surface area contributed by atoms with Crippen LogP contribution in [0, 0.1) is 5.92 Å². The Bertz CT molecular complexity index is 1450. The number of hydrogen-bond acceptors (Lipinski definition) is 7. The molecular weight excluding hydrogens is 492 g/mol. The molecule has 2 aliphatic rings. The molecule has 2 saturated carbocycles. The average Bonchev–Trinajstić information content (AvgIpc) is 3.48. The van der Waals surface area contributed by atoms with E-state index in [1.54, 1.807) is 6.20 Å². The second-order valence-electron chi connectivity index (χ2n) is 9.18. The number of amides is 2. The Morgan fingerprint density at radius 2 is 1.86 bits per heavy atom. The van der Waals surface area contributed by atoms with Gasteiger partial charge in [0, 0.05) is 41.9 Å². The molecule has 2 amide bonds. The number of thiazole rings is 1. The molecule has 3 heterocycles. The second kappa shape index (κ2) is 8.56. The van der Waals surface area contributed by atoms with Crippen LogP contribution >= 0.6 is 22.9 Å². The minimum atomic E-state index is -2.64. The van der Waals surface area contributed by atoms with E-state index in [0.717, 1.165) is 45.7 Å². The van der Waals surface area contributed by atoms with Crippen LogP contribution in [-0.2, 0) is 4.79 Å². The molecule has 6 rings (SSSR count). The molecule has 0 radical (unpaired) electrons. The van der Waals surface area contributed by atoms with Crippen LogP contribution in [0.5, 0.6) is 0 Å². The summed E-state index contributed by atoms with van der Waals surface area (Å²) >= 11 is 2.56. The SMILES string of the molecule is O=C(NC1CCC(F)(F)CC1)c1nsc2ncc(-c3ccc4nc(NC(=O)C5CC5)sc4c3)cc12. The van der Waals surface area contributed by atoms with Crippen LogP contribution in [0.2, 0.25) is 0 Å². The maximum Gasteiger partial charge on any atom is 0.271 e. The average molecular weight is 514 g/mol. The summed E-state index contributed by atoms with van der Waals surface area (Å²) in [5, 5.41) is 6.98. The summed E-state index contributed by atoms with van der Waals surface area (Å²) < 4.78 is 32.1. The lowest BCUT2D eigenvalue weighted by Gasteiger charge is -2.28. The van der Waals surface area contributed by atoms with Gasteiger partial charge in [-0.05, 0) is 61.0 Å². The van der Waals surface area contributed by atoms with Crippen LogP contribution in [0.1, 0.15) is 49.0 Å². The third kappa shape index (κ3) is 4.62. The first-order valence-electron chi connectivity index (χ1n) is 11.5. The quantitative estimate of drug-likeness (QED) is 0.361. The van der Waals surface area contributed by atoms with Gasteiger partial charge < -0.3 is 10.6 Å². The van der Waals surface area contributed by atoms with E-state index in [4.69, 9.17) is 0 Å². The number of pyridine rings is 1. The van der Waals surface area contributed by atoms with Gasteiger partial charge in [-0.1, -0.05) is 17.4 Å². The molecule has 7 nitrogen and oxygen atoms in total. The maximum atomic E-state index is 13.4. The highest BCUT2D eigenvalue weighted by Gasteiger charge is 2.35. The molecule has 0 aliphatic heterocycles. The number of carbonyl (C=O) groups excluding carboxylic acids is 2. The van der Waals surface area contributed by atoms with E-state index < -0.39 is 5.92 Å². The molecule has 0 atom stereocenters. The summed E-state index contributed by atoms with van der Waals surface area (Å²) in [4.78, 5) is 34.6. The molecule has 11 heteroatoms. The zero-order valence-electron chi connectivity index (χ0n) is 18.5. The standard InChI is InChI=1S/C24H21F2N5O2S2/c25-24(26)7-5-15(6-8-24)28-21(33)19-16-9-14(11-27-22(16)35-31-19)13-3-4-17-18(10-13)34-23(29-17)30-20(32)12-1-2-12/h3-4,9-12,15H,1-2,5-8H2,(H,28,33)(H,29,30,32). The molecule has 2 fully saturated rings. The fourth-order valence-electron chi connectivity index (χ4n) is 4.30. The molecule has 0 unspecified atom stereocenters. The molecule has 2 aliphatic carbocycles. The van der Waals surface area contributed by atoms with Crippen molar-refractivity contribution in [1.82, 2.24) is 19.7 Å². The van der Waals surface area contributed by atoms with Crippen molar-refractivity contribution in [3.63, 3.8) is 0 Å². The minimum Gasteiger partial charge on any atom is -0.348 e. The van der Waals surface area contributed by atoms with Gasteiger partial charge >= 0.3 is 0 Å². The number of rotatable bonds is 5. The van der Waals surface area contributed by atoms with Crippen LogP contribution in [0.4, 0.5) is 13.9 Å². The van der Waals surface area contributed by atoms with Gasteiger partial charge in [0.25, 0.3) is 5.91 Å². The Balaban J connectivity index is 1.24. The summed E-state index contributed by atoms with van der Waals surface area (Å²) in [5.41, 5.74) is 2.79. The van der Waals surface area contributed by atoms with E-state index in [0.29, 0.717) is 15.3 Å². The van der Waals surface area contributed by atoms with Crippen molar-refractivity contribution in [2.75, 3.05) is 5.32 Å². The van der Waals surface area contributed by atoms with E-state index in [9.17, 15) is 18.4 Å². The van der Waals surface area contributed by atoms with Crippen molar-refractivity contribution in [2.45, 2.75) is 50.5 Å². The van der Waals surface area contributed by atoms with E-state index >= 15 is 0 Å². The van der Waals surface area contributed by atoms with Crippen molar-refractivity contribution in [3.05, 3.63) is 36.2 Å². The highest BCUT2D eigenvalue weighted by molar-refractivity contribution is 7.22. The van der Waals surface area contributed by atoms with Crippen molar-refractivity contribution in [1.29, 1.82) is 0 Å². The Labute approximate surface area is 207 Å². The molecule has 35 heavy (non-hydrogen) atoms. The fraction of sp³-hybridized carbons (Fsp3) is 0.375. The highest BCUT2D eigenvalue weighted by atomic mass is 32.1. The molecule has 180 valence electrons. The number of fused-ring (bicyclic) bond motifs is 2. The van der Waals surface area contributed by atoms with Gasteiger partial charge in [0.15, 0.2) is 10.8 Å². The van der Waals surface area contributed by atoms with Crippen LogP contribution in [-0.4, -0.2) is 38.1 Å². The molecule has 0 spiro atoms. The van der Waals surface area contributed by atoms with Crippen LogP contribution in [0.15, 0.2) is 30.5 Å². The Hall–Kier alpha value is -3.05. The van der Waals surface area contributed by atoms with Crippen LogP contribution < -0.4 is 10.6 Å². The molecule has 2 N–H and O–H groups in total. The summed E-state index contributed by atoms with van der Waals surface area (Å²) in [6.07, 6.45) is 3.68. The molecule has 0 bridgehead atoms. The van der Waals surface area contributed by atoms with Crippen LogP contribution in [0.3, 0.4) is 0 Å². The van der Waals surface area contributed by atoms with Gasteiger partial charge in [0.05, 0.1) is 10.2 Å². The lowest BCUT2D eigenvalue weighted by molar-refractivity contribution is -0.117. The maximum absolute atomic E-state index is 13.4. The molecule has 3 aromatic heterocycles. The summed E-state index contributed by atoms with van der Waals surface area (Å²) in [6.45, 7) is 0. The molecule has 4 aromatic rings. The number of benzene rings is 1. The van der Waals surface area contributed by atoms with Gasteiger partial charge in [-0.25, -0.2) is 18.7 Å². The first kappa shape index (κ1) is 22.4. The van der Waals surface area contributed by atoms with E-state index in [-0.39, 0.29) is 55.2 Å². The topological polar surface area (TPSA) is 96.9 Å². The first-order valence-corrected chi connectivity index (χ1v) is 13.1.